The highest BCUT2D eigenvalue weighted by molar-refractivity contribution is 6.02. The molecule has 148 valence electrons. The van der Waals surface area contributed by atoms with Crippen LogP contribution in [-0.2, 0) is 22.4 Å². The molecule has 2 N–H and O–H groups in total. The van der Waals surface area contributed by atoms with Gasteiger partial charge in [0.15, 0.2) is 11.5 Å². The fourth-order valence-electron chi connectivity index (χ4n) is 4.55. The van der Waals surface area contributed by atoms with Gasteiger partial charge in [-0.25, -0.2) is 9.59 Å². The molecule has 0 saturated carbocycles. The van der Waals surface area contributed by atoms with E-state index >= 15 is 0 Å². The van der Waals surface area contributed by atoms with Crippen molar-refractivity contribution in [2.45, 2.75) is 31.1 Å². The van der Waals surface area contributed by atoms with Crippen molar-refractivity contribution in [3.63, 3.8) is 0 Å². The minimum Gasteiger partial charge on any atom is -0.478 e. The smallest absolute Gasteiger partial charge is 0.336 e. The number of carboxylic acid groups (broad SMARTS) is 2. The predicted octanol–water partition coefficient (Wildman–Crippen LogP) is 2.52. The summed E-state index contributed by atoms with van der Waals surface area (Å²) in [5, 5.41) is 18.8. The Labute approximate surface area is 164 Å². The average molecular weight is 396 g/mol. The van der Waals surface area contributed by atoms with Crippen LogP contribution in [0.25, 0.3) is 0 Å². The summed E-state index contributed by atoms with van der Waals surface area (Å²) < 4.78 is 9.88. The third kappa shape index (κ3) is 3.12. The number of benzene rings is 2. The molecule has 2 atom stereocenters. The molecule has 8 nitrogen and oxygen atoms in total. The van der Waals surface area contributed by atoms with Gasteiger partial charge in [0, 0.05) is 0 Å². The largest absolute Gasteiger partial charge is 0.478 e. The van der Waals surface area contributed by atoms with Crippen molar-refractivity contribution in [1.29, 1.82) is 0 Å². The van der Waals surface area contributed by atoms with Gasteiger partial charge in [-0.15, -0.1) is 0 Å². The Morgan fingerprint density at radius 2 is 1.28 bits per heavy atom. The Hall–Kier alpha value is -3.68. The SMILES string of the molecule is O=COc1cc2c(cc1OC=O)C1Cc3cc(C(=O)O)c(C(=O)O)cc3C(C2)C1. The third-order valence-electron chi connectivity index (χ3n) is 5.68. The lowest BCUT2D eigenvalue weighted by molar-refractivity contribution is -0.123. The molecule has 2 aromatic carbocycles. The predicted molar refractivity (Wildman–Crippen MR) is 97.7 cm³/mol. The van der Waals surface area contributed by atoms with Gasteiger partial charge in [-0.05, 0) is 77.6 Å². The summed E-state index contributed by atoms with van der Waals surface area (Å²) in [6.45, 7) is 0.513. The van der Waals surface area contributed by atoms with Gasteiger partial charge in [0.1, 0.15) is 0 Å². The Balaban J connectivity index is 1.81. The minimum atomic E-state index is -1.28. The number of hydrogen-bond acceptors (Lipinski definition) is 6. The zero-order valence-corrected chi connectivity index (χ0v) is 15.1. The van der Waals surface area contributed by atoms with E-state index < -0.39 is 11.9 Å². The van der Waals surface area contributed by atoms with Crippen LogP contribution in [-0.4, -0.2) is 35.1 Å². The number of carbonyl (C=O) groups is 4. The zero-order chi connectivity index (χ0) is 20.7. The zero-order valence-electron chi connectivity index (χ0n) is 15.1. The van der Waals surface area contributed by atoms with E-state index in [0.717, 1.165) is 28.7 Å². The van der Waals surface area contributed by atoms with Crippen LogP contribution in [0.4, 0.5) is 0 Å². The number of fused-ring (bicyclic) bond motifs is 6. The van der Waals surface area contributed by atoms with Gasteiger partial charge in [-0.2, -0.15) is 0 Å². The van der Waals surface area contributed by atoms with Crippen LogP contribution in [0, 0.1) is 0 Å². The van der Waals surface area contributed by atoms with Crippen LogP contribution in [0.3, 0.4) is 0 Å². The normalized spacial score (nSPS) is 18.8. The first-order valence-corrected chi connectivity index (χ1v) is 8.93. The maximum atomic E-state index is 11.5. The topological polar surface area (TPSA) is 127 Å². The van der Waals surface area contributed by atoms with E-state index in [1.807, 2.05) is 0 Å². The lowest BCUT2D eigenvalue weighted by Gasteiger charge is -2.38. The molecule has 2 aliphatic rings. The highest BCUT2D eigenvalue weighted by Gasteiger charge is 2.36. The molecular weight excluding hydrogens is 380 g/mol. The molecule has 4 rings (SSSR count). The molecule has 0 aromatic heterocycles. The minimum absolute atomic E-state index is 0.0131. The molecule has 29 heavy (non-hydrogen) atoms. The van der Waals surface area contributed by atoms with Crippen LogP contribution in [0.2, 0.25) is 0 Å². The molecule has 0 saturated heterocycles. The summed E-state index contributed by atoms with van der Waals surface area (Å²) in [7, 11) is 0. The fraction of sp³-hybridized carbons (Fsp3) is 0.238. The number of ether oxygens (including phenoxy) is 2. The molecule has 2 unspecified atom stereocenters. The lowest BCUT2D eigenvalue weighted by Crippen LogP contribution is -2.26. The van der Waals surface area contributed by atoms with Crippen molar-refractivity contribution in [3.05, 3.63) is 57.6 Å². The van der Waals surface area contributed by atoms with Gasteiger partial charge in [0.05, 0.1) is 11.1 Å². The van der Waals surface area contributed by atoms with Gasteiger partial charge in [-0.3, -0.25) is 9.59 Å². The van der Waals surface area contributed by atoms with Crippen LogP contribution >= 0.6 is 0 Å². The molecule has 0 aliphatic heterocycles. The van der Waals surface area contributed by atoms with E-state index in [9.17, 15) is 29.4 Å². The van der Waals surface area contributed by atoms with E-state index in [4.69, 9.17) is 9.47 Å². The van der Waals surface area contributed by atoms with Crippen molar-refractivity contribution in [2.75, 3.05) is 0 Å². The second-order valence-corrected chi connectivity index (χ2v) is 7.17. The van der Waals surface area contributed by atoms with Crippen molar-refractivity contribution >= 4 is 24.9 Å². The van der Waals surface area contributed by atoms with Crippen LogP contribution in [0.1, 0.15) is 61.2 Å². The first-order chi connectivity index (χ1) is 13.9. The summed E-state index contributed by atoms with van der Waals surface area (Å²) >= 11 is 0. The van der Waals surface area contributed by atoms with E-state index in [2.05, 4.69) is 0 Å². The molecule has 8 heteroatoms. The molecule has 2 bridgehead atoms. The summed E-state index contributed by atoms with van der Waals surface area (Å²) in [5.41, 5.74) is 3.06. The van der Waals surface area contributed by atoms with Gasteiger partial charge >= 0.3 is 11.9 Å². The van der Waals surface area contributed by atoms with Crippen LogP contribution in [0.5, 0.6) is 11.5 Å². The summed E-state index contributed by atoms with van der Waals surface area (Å²) in [6.07, 6.45) is 1.87. The second kappa shape index (κ2) is 7.05. The number of carbonyl (C=O) groups excluding carboxylic acids is 2. The molecule has 0 amide bonds. The van der Waals surface area contributed by atoms with Gasteiger partial charge in [0.25, 0.3) is 12.9 Å². The Morgan fingerprint density at radius 1 is 0.793 bits per heavy atom. The number of rotatable bonds is 6. The fourth-order valence-corrected chi connectivity index (χ4v) is 4.55. The molecule has 0 heterocycles. The summed E-state index contributed by atoms with van der Waals surface area (Å²) in [4.78, 5) is 44.6. The van der Waals surface area contributed by atoms with E-state index in [1.165, 1.54) is 12.1 Å². The highest BCUT2D eigenvalue weighted by atomic mass is 16.6. The first kappa shape index (κ1) is 18.7. The average Bonchev–Trinajstić information content (AvgIpc) is 2.68. The number of carboxylic acids is 2. The standard InChI is InChI=1S/C21H16O8/c22-8-28-18-5-13-3-10-1-11(15(13)7-19(18)29-9-23)2-12-4-16(20(24)25)17(21(26)27)6-14(10)12/h4-11H,1-3H2,(H,24,25)(H,26,27). The molecule has 0 fully saturated rings. The molecule has 2 aromatic rings. The van der Waals surface area contributed by atoms with E-state index in [1.54, 1.807) is 12.1 Å². The summed E-state index contributed by atoms with van der Waals surface area (Å²) in [5.74, 6) is -2.22. The van der Waals surface area contributed by atoms with Crippen molar-refractivity contribution < 1.29 is 38.9 Å². The van der Waals surface area contributed by atoms with E-state index in [-0.39, 0.29) is 47.4 Å². The van der Waals surface area contributed by atoms with Crippen LogP contribution < -0.4 is 9.47 Å². The third-order valence-corrected chi connectivity index (χ3v) is 5.68. The van der Waals surface area contributed by atoms with Gasteiger partial charge in [0.2, 0.25) is 0 Å². The number of hydrogen-bond donors (Lipinski definition) is 2. The van der Waals surface area contributed by atoms with Crippen molar-refractivity contribution in [3.8, 4) is 11.5 Å². The highest BCUT2D eigenvalue weighted by Crippen LogP contribution is 2.49. The Kier molecular flexibility index (Phi) is 4.54. The second-order valence-electron chi connectivity index (χ2n) is 7.17. The monoisotopic (exact) mass is 396 g/mol. The van der Waals surface area contributed by atoms with Crippen LogP contribution in [0.15, 0.2) is 24.3 Å². The van der Waals surface area contributed by atoms with Gasteiger partial charge in [-0.1, -0.05) is 0 Å². The molecule has 2 aliphatic carbocycles. The maximum Gasteiger partial charge on any atom is 0.336 e. The molecule has 0 radical (unpaired) electrons. The number of aromatic carboxylic acids is 2. The van der Waals surface area contributed by atoms with E-state index in [0.29, 0.717) is 12.8 Å². The Bertz CT molecular complexity index is 1060. The first-order valence-electron chi connectivity index (χ1n) is 8.93. The Morgan fingerprint density at radius 3 is 1.83 bits per heavy atom. The van der Waals surface area contributed by atoms with Crippen molar-refractivity contribution in [1.82, 2.24) is 0 Å². The van der Waals surface area contributed by atoms with Crippen molar-refractivity contribution in [2.24, 2.45) is 0 Å². The maximum absolute atomic E-state index is 11.5. The lowest BCUT2D eigenvalue weighted by atomic mass is 9.66. The summed E-state index contributed by atoms with van der Waals surface area (Å²) in [6, 6.07) is 6.27. The molecular formula is C21H16O8. The quantitative estimate of drug-likeness (QED) is 0.713. The van der Waals surface area contributed by atoms with Gasteiger partial charge < -0.3 is 19.7 Å². The molecule has 0 spiro atoms.